The van der Waals surface area contributed by atoms with E-state index >= 15 is 0 Å². The molecule has 0 aliphatic rings. The second kappa shape index (κ2) is 4.27. The molecule has 2 aromatic carbocycles. The molecule has 0 aliphatic heterocycles. The van der Waals surface area contributed by atoms with Crippen LogP contribution in [0.3, 0.4) is 0 Å². The number of carbonyl (C=O) groups excluding carboxylic acids is 1. The van der Waals surface area contributed by atoms with Gasteiger partial charge >= 0.3 is 0 Å². The summed E-state index contributed by atoms with van der Waals surface area (Å²) >= 11 is 1.57. The Hall–Kier alpha value is -2.13. The first-order chi connectivity index (χ1) is 8.79. The van der Waals surface area contributed by atoms with Crippen molar-refractivity contribution in [1.82, 2.24) is 0 Å². The van der Waals surface area contributed by atoms with Crippen LogP contribution in [0.1, 0.15) is 10.4 Å². The molecule has 0 unspecified atom stereocenters. The van der Waals surface area contributed by atoms with Crippen LogP contribution in [0.4, 0.5) is 0 Å². The van der Waals surface area contributed by atoms with Gasteiger partial charge in [0, 0.05) is 15.6 Å². The summed E-state index contributed by atoms with van der Waals surface area (Å²) in [6.45, 7) is 0. The number of hydrogen-bond donors (Lipinski definition) is 1. The third-order valence-electron chi connectivity index (χ3n) is 2.95. The Morgan fingerprint density at radius 3 is 2.50 bits per heavy atom. The van der Waals surface area contributed by atoms with E-state index in [9.17, 15) is 9.90 Å². The summed E-state index contributed by atoms with van der Waals surface area (Å²) < 4.78 is 1.01. The van der Waals surface area contributed by atoms with Crippen molar-refractivity contribution in [3.63, 3.8) is 0 Å². The van der Waals surface area contributed by atoms with Crippen molar-refractivity contribution < 1.29 is 9.90 Å². The predicted molar refractivity (Wildman–Crippen MR) is 74.3 cm³/mol. The first kappa shape index (κ1) is 11.0. The van der Waals surface area contributed by atoms with Gasteiger partial charge in [0.1, 0.15) is 5.75 Å². The van der Waals surface area contributed by atoms with Crippen LogP contribution >= 0.6 is 11.3 Å². The molecule has 0 saturated heterocycles. The molecule has 0 aliphatic carbocycles. The molecule has 3 aromatic rings. The van der Waals surface area contributed by atoms with Crippen LogP contribution in [-0.4, -0.2) is 11.4 Å². The van der Waals surface area contributed by atoms with Crippen LogP contribution in [-0.2, 0) is 0 Å². The van der Waals surface area contributed by atoms with E-state index in [0.29, 0.717) is 0 Å². The predicted octanol–water partition coefficient (Wildman–Crippen LogP) is 4.09. The van der Waals surface area contributed by atoms with Crippen molar-refractivity contribution in [2.45, 2.75) is 0 Å². The van der Waals surface area contributed by atoms with E-state index < -0.39 is 0 Å². The maximum atomic E-state index is 11.0. The van der Waals surface area contributed by atoms with Gasteiger partial charge in [-0.15, -0.1) is 11.3 Å². The highest BCUT2D eigenvalue weighted by Gasteiger charge is 2.08. The van der Waals surface area contributed by atoms with Gasteiger partial charge in [0.2, 0.25) is 0 Å². The smallest absolute Gasteiger partial charge is 0.151 e. The molecular formula is C15H10O2S. The highest BCUT2D eigenvalue weighted by Crippen LogP contribution is 2.34. The Balaban J connectivity index is 2.27. The molecule has 0 saturated carbocycles. The van der Waals surface area contributed by atoms with Crippen LogP contribution in [0.2, 0.25) is 0 Å². The van der Waals surface area contributed by atoms with Crippen molar-refractivity contribution in [3.8, 4) is 16.9 Å². The highest BCUT2D eigenvalue weighted by molar-refractivity contribution is 7.17. The van der Waals surface area contributed by atoms with Crippen molar-refractivity contribution in [2.75, 3.05) is 0 Å². The number of phenols is 1. The molecule has 2 nitrogen and oxygen atoms in total. The van der Waals surface area contributed by atoms with Crippen LogP contribution in [0, 0.1) is 0 Å². The summed E-state index contributed by atoms with van der Waals surface area (Å²) in [4.78, 5) is 11.0. The molecule has 0 amide bonds. The van der Waals surface area contributed by atoms with E-state index in [2.05, 4.69) is 0 Å². The van der Waals surface area contributed by atoms with E-state index in [0.717, 1.165) is 33.1 Å². The molecule has 1 aromatic heterocycles. The lowest BCUT2D eigenvalue weighted by Gasteiger charge is -2.05. The number of rotatable bonds is 2. The molecule has 0 bridgehead atoms. The molecule has 3 rings (SSSR count). The Bertz CT molecular complexity index is 711. The minimum atomic E-state index is 0.254. The standard InChI is InChI=1S/C15H10O2S/c16-9-11-3-6-13(14-7-8-18-15(11)14)10-1-4-12(17)5-2-10/h1-9,17H. The number of phenolic OH excluding ortho intramolecular Hbond substituents is 1. The summed E-state index contributed by atoms with van der Waals surface area (Å²) in [5, 5.41) is 12.4. The molecule has 1 N–H and O–H groups in total. The van der Waals surface area contributed by atoms with Gasteiger partial charge in [0.25, 0.3) is 0 Å². The van der Waals surface area contributed by atoms with Gasteiger partial charge in [-0.3, -0.25) is 4.79 Å². The Labute approximate surface area is 108 Å². The second-order valence-corrected chi connectivity index (χ2v) is 4.95. The van der Waals surface area contributed by atoms with Crippen molar-refractivity contribution in [1.29, 1.82) is 0 Å². The second-order valence-electron chi connectivity index (χ2n) is 4.03. The van der Waals surface area contributed by atoms with Gasteiger partial charge in [-0.1, -0.05) is 18.2 Å². The number of aromatic hydroxyl groups is 1. The molecule has 0 spiro atoms. The summed E-state index contributed by atoms with van der Waals surface area (Å²) in [7, 11) is 0. The summed E-state index contributed by atoms with van der Waals surface area (Å²) in [5.41, 5.74) is 2.84. The minimum Gasteiger partial charge on any atom is -0.508 e. The molecule has 3 heteroatoms. The average molecular weight is 254 g/mol. The molecule has 88 valence electrons. The fourth-order valence-electron chi connectivity index (χ4n) is 2.07. The van der Waals surface area contributed by atoms with E-state index in [1.807, 2.05) is 35.7 Å². The normalized spacial score (nSPS) is 10.7. The van der Waals surface area contributed by atoms with Gasteiger partial charge in [-0.05, 0) is 40.8 Å². The first-order valence-electron chi connectivity index (χ1n) is 5.54. The molecule has 1 heterocycles. The van der Waals surface area contributed by atoms with Gasteiger partial charge in [-0.25, -0.2) is 0 Å². The summed E-state index contributed by atoms with van der Waals surface area (Å²) in [5.74, 6) is 0.254. The van der Waals surface area contributed by atoms with Crippen molar-refractivity contribution in [2.24, 2.45) is 0 Å². The third kappa shape index (κ3) is 1.69. The summed E-state index contributed by atoms with van der Waals surface area (Å²) in [6.07, 6.45) is 0.888. The minimum absolute atomic E-state index is 0.254. The van der Waals surface area contributed by atoms with E-state index in [4.69, 9.17) is 0 Å². The number of benzene rings is 2. The maximum Gasteiger partial charge on any atom is 0.151 e. The largest absolute Gasteiger partial charge is 0.508 e. The van der Waals surface area contributed by atoms with Crippen LogP contribution in [0.25, 0.3) is 21.2 Å². The zero-order chi connectivity index (χ0) is 12.5. The Kier molecular flexibility index (Phi) is 2.61. The lowest BCUT2D eigenvalue weighted by atomic mass is 10.00. The Morgan fingerprint density at radius 2 is 1.78 bits per heavy atom. The van der Waals surface area contributed by atoms with Gasteiger partial charge in [-0.2, -0.15) is 0 Å². The molecule has 0 fully saturated rings. The zero-order valence-electron chi connectivity index (χ0n) is 9.46. The quantitative estimate of drug-likeness (QED) is 0.699. The number of hydrogen-bond acceptors (Lipinski definition) is 3. The lowest BCUT2D eigenvalue weighted by molar-refractivity contribution is 0.112. The molecule has 18 heavy (non-hydrogen) atoms. The van der Waals surface area contributed by atoms with Crippen LogP contribution < -0.4 is 0 Å². The van der Waals surface area contributed by atoms with E-state index in [-0.39, 0.29) is 5.75 Å². The van der Waals surface area contributed by atoms with Gasteiger partial charge < -0.3 is 5.11 Å². The number of thiophene rings is 1. The fraction of sp³-hybridized carbons (Fsp3) is 0. The lowest BCUT2D eigenvalue weighted by Crippen LogP contribution is -1.83. The highest BCUT2D eigenvalue weighted by atomic mass is 32.1. The molecule has 0 radical (unpaired) electrons. The third-order valence-corrected chi connectivity index (χ3v) is 3.92. The number of aldehydes is 1. The SMILES string of the molecule is O=Cc1ccc(-c2ccc(O)cc2)c2ccsc12. The topological polar surface area (TPSA) is 37.3 Å². The summed E-state index contributed by atoms with van der Waals surface area (Å²) in [6, 6.07) is 12.9. The molecule has 0 atom stereocenters. The Morgan fingerprint density at radius 1 is 1.00 bits per heavy atom. The fourth-order valence-corrected chi connectivity index (χ4v) is 2.97. The van der Waals surface area contributed by atoms with Crippen LogP contribution in [0.5, 0.6) is 5.75 Å². The van der Waals surface area contributed by atoms with Crippen molar-refractivity contribution >= 4 is 27.7 Å². The average Bonchev–Trinajstić information content (AvgIpc) is 2.88. The van der Waals surface area contributed by atoms with Gasteiger partial charge in [0.05, 0.1) is 0 Å². The van der Waals surface area contributed by atoms with E-state index in [1.54, 1.807) is 23.5 Å². The van der Waals surface area contributed by atoms with Crippen LogP contribution in [0.15, 0.2) is 47.8 Å². The number of fused-ring (bicyclic) bond motifs is 1. The maximum absolute atomic E-state index is 11.0. The van der Waals surface area contributed by atoms with Gasteiger partial charge in [0.15, 0.2) is 6.29 Å². The van der Waals surface area contributed by atoms with Crippen molar-refractivity contribution in [3.05, 3.63) is 53.4 Å². The zero-order valence-corrected chi connectivity index (χ0v) is 10.3. The monoisotopic (exact) mass is 254 g/mol. The first-order valence-corrected chi connectivity index (χ1v) is 6.42. The molecular weight excluding hydrogens is 244 g/mol. The van der Waals surface area contributed by atoms with E-state index in [1.165, 1.54) is 0 Å². The number of carbonyl (C=O) groups is 1.